The van der Waals surface area contributed by atoms with Gasteiger partial charge in [-0.1, -0.05) is 29.8 Å². The van der Waals surface area contributed by atoms with Gasteiger partial charge in [0, 0.05) is 6.20 Å². The van der Waals surface area contributed by atoms with Gasteiger partial charge in [-0.25, -0.2) is 4.98 Å². The Balaban J connectivity index is 1.86. The molecule has 3 nitrogen and oxygen atoms in total. The summed E-state index contributed by atoms with van der Waals surface area (Å²) in [4.78, 5) is 4.17. The first-order valence-corrected chi connectivity index (χ1v) is 5.64. The lowest BCUT2D eigenvalue weighted by molar-refractivity contribution is 0.0851. The molecule has 0 bridgehead atoms. The molecule has 1 aliphatic rings. The minimum absolute atomic E-state index is 0.0713. The highest BCUT2D eigenvalue weighted by Crippen LogP contribution is 2.33. The Hall–Kier alpha value is -2.03. The lowest BCUT2D eigenvalue weighted by Gasteiger charge is -2.25. The molecule has 1 atom stereocenters. The van der Waals surface area contributed by atoms with Crippen molar-refractivity contribution >= 4 is 0 Å². The molecule has 0 N–H and O–H groups in total. The molecule has 17 heavy (non-hydrogen) atoms. The van der Waals surface area contributed by atoms with Crippen molar-refractivity contribution in [2.75, 3.05) is 6.61 Å². The summed E-state index contributed by atoms with van der Waals surface area (Å²) < 4.78 is 11.5. The molecule has 2 heterocycles. The molecule has 1 aromatic heterocycles. The minimum Gasteiger partial charge on any atom is -0.484 e. The van der Waals surface area contributed by atoms with Crippen LogP contribution in [0.15, 0.2) is 42.6 Å². The van der Waals surface area contributed by atoms with Crippen LogP contribution in [0.1, 0.15) is 17.2 Å². The Kier molecular flexibility index (Phi) is 2.44. The molecule has 0 saturated heterocycles. The molecule has 0 radical (unpaired) electrons. The maximum atomic E-state index is 5.82. The van der Waals surface area contributed by atoms with Crippen LogP contribution >= 0.6 is 0 Å². The van der Waals surface area contributed by atoms with E-state index in [0.29, 0.717) is 12.5 Å². The maximum Gasteiger partial charge on any atom is 0.257 e. The quantitative estimate of drug-likeness (QED) is 0.750. The van der Waals surface area contributed by atoms with Crippen molar-refractivity contribution < 1.29 is 9.47 Å². The number of aromatic nitrogens is 1. The van der Waals surface area contributed by atoms with Gasteiger partial charge >= 0.3 is 0 Å². The Morgan fingerprint density at radius 2 is 2.00 bits per heavy atom. The molecule has 3 heteroatoms. The fourth-order valence-corrected chi connectivity index (χ4v) is 1.85. The molecule has 0 spiro atoms. The van der Waals surface area contributed by atoms with Gasteiger partial charge in [-0.05, 0) is 24.6 Å². The molecule has 0 fully saturated rings. The third-order valence-corrected chi connectivity index (χ3v) is 2.83. The predicted molar refractivity (Wildman–Crippen MR) is 64.3 cm³/mol. The Morgan fingerprint density at radius 1 is 1.18 bits per heavy atom. The zero-order valence-electron chi connectivity index (χ0n) is 9.59. The Labute approximate surface area is 100 Å². The van der Waals surface area contributed by atoms with Gasteiger partial charge in [-0.15, -0.1) is 0 Å². The van der Waals surface area contributed by atoms with Crippen molar-refractivity contribution in [1.29, 1.82) is 0 Å². The van der Waals surface area contributed by atoms with E-state index in [4.69, 9.17) is 9.47 Å². The number of hydrogen-bond donors (Lipinski definition) is 0. The highest BCUT2D eigenvalue weighted by Gasteiger charge is 2.22. The highest BCUT2D eigenvalue weighted by atomic mass is 16.6. The van der Waals surface area contributed by atoms with Crippen molar-refractivity contribution in [3.8, 4) is 11.6 Å². The molecule has 2 aromatic rings. The van der Waals surface area contributed by atoms with Crippen LogP contribution in [0.3, 0.4) is 0 Å². The Morgan fingerprint density at radius 3 is 2.82 bits per heavy atom. The standard InChI is InChI=1S/C14H13NO2/c1-10-4-6-11(7-5-10)13-9-16-12-3-2-8-15-14(12)17-13/h2-8,13H,9H2,1H3/t13-/m1/s1. The smallest absolute Gasteiger partial charge is 0.257 e. The monoisotopic (exact) mass is 227 g/mol. The van der Waals surface area contributed by atoms with Gasteiger partial charge < -0.3 is 9.47 Å². The number of hydrogen-bond acceptors (Lipinski definition) is 3. The van der Waals surface area contributed by atoms with E-state index in [1.54, 1.807) is 6.20 Å². The normalized spacial score (nSPS) is 17.8. The van der Waals surface area contributed by atoms with Crippen LogP contribution in [0.2, 0.25) is 0 Å². The summed E-state index contributed by atoms with van der Waals surface area (Å²) >= 11 is 0. The van der Waals surface area contributed by atoms with Crippen molar-refractivity contribution in [2.24, 2.45) is 0 Å². The number of rotatable bonds is 1. The second-order valence-corrected chi connectivity index (χ2v) is 4.13. The SMILES string of the molecule is Cc1ccc([C@H]2COc3cccnc3O2)cc1. The zero-order valence-corrected chi connectivity index (χ0v) is 9.59. The molecule has 1 aromatic carbocycles. The lowest BCUT2D eigenvalue weighted by Crippen LogP contribution is -2.22. The van der Waals surface area contributed by atoms with Gasteiger partial charge in [-0.2, -0.15) is 0 Å². The van der Waals surface area contributed by atoms with Crippen LogP contribution in [0, 0.1) is 6.92 Å². The van der Waals surface area contributed by atoms with Crippen LogP contribution in [0.5, 0.6) is 11.6 Å². The van der Waals surface area contributed by atoms with Crippen LogP contribution < -0.4 is 9.47 Å². The van der Waals surface area contributed by atoms with Crippen LogP contribution in [-0.4, -0.2) is 11.6 Å². The number of ether oxygens (including phenoxy) is 2. The number of pyridine rings is 1. The van der Waals surface area contributed by atoms with E-state index in [9.17, 15) is 0 Å². The van der Waals surface area contributed by atoms with Gasteiger partial charge in [-0.3, -0.25) is 0 Å². The molecular formula is C14H13NO2. The van der Waals surface area contributed by atoms with Crippen molar-refractivity contribution in [3.05, 3.63) is 53.7 Å². The first-order valence-electron chi connectivity index (χ1n) is 5.64. The number of aryl methyl sites for hydroxylation is 1. The molecule has 0 amide bonds. The summed E-state index contributed by atoms with van der Waals surface area (Å²) in [6.07, 6.45) is 1.64. The van der Waals surface area contributed by atoms with E-state index in [0.717, 1.165) is 11.3 Å². The fourth-order valence-electron chi connectivity index (χ4n) is 1.85. The van der Waals surface area contributed by atoms with E-state index < -0.39 is 0 Å². The van der Waals surface area contributed by atoms with Crippen LogP contribution in [0.25, 0.3) is 0 Å². The largest absolute Gasteiger partial charge is 0.484 e. The van der Waals surface area contributed by atoms with E-state index in [-0.39, 0.29) is 6.10 Å². The average molecular weight is 227 g/mol. The van der Waals surface area contributed by atoms with E-state index in [1.807, 2.05) is 12.1 Å². The van der Waals surface area contributed by atoms with Crippen molar-refractivity contribution in [1.82, 2.24) is 4.98 Å². The summed E-state index contributed by atoms with van der Waals surface area (Å²) in [5.41, 5.74) is 2.36. The zero-order chi connectivity index (χ0) is 11.7. The Bertz CT molecular complexity index is 522. The van der Waals surface area contributed by atoms with Gasteiger partial charge in [0.05, 0.1) is 0 Å². The van der Waals surface area contributed by atoms with Crippen LogP contribution in [0.4, 0.5) is 0 Å². The molecule has 86 valence electrons. The second kappa shape index (κ2) is 4.09. The molecule has 0 aliphatic carbocycles. The first kappa shape index (κ1) is 10.1. The maximum absolute atomic E-state index is 5.82. The number of nitrogens with zero attached hydrogens (tertiary/aromatic N) is 1. The molecule has 3 rings (SSSR count). The summed E-state index contributed by atoms with van der Waals surface area (Å²) in [5, 5.41) is 0. The fraction of sp³-hybridized carbons (Fsp3) is 0.214. The van der Waals surface area contributed by atoms with E-state index >= 15 is 0 Å². The van der Waals surface area contributed by atoms with Gasteiger partial charge in [0.15, 0.2) is 11.9 Å². The minimum atomic E-state index is -0.0713. The van der Waals surface area contributed by atoms with E-state index in [2.05, 4.69) is 36.2 Å². The number of fused-ring (bicyclic) bond motifs is 1. The molecule has 1 aliphatic heterocycles. The molecular weight excluding hydrogens is 214 g/mol. The van der Waals surface area contributed by atoms with Gasteiger partial charge in [0.25, 0.3) is 5.88 Å². The summed E-state index contributed by atoms with van der Waals surface area (Å²) in [6, 6.07) is 12.0. The van der Waals surface area contributed by atoms with Gasteiger partial charge in [0.1, 0.15) is 6.61 Å². The van der Waals surface area contributed by atoms with Gasteiger partial charge in [0.2, 0.25) is 0 Å². The first-order chi connectivity index (χ1) is 8.33. The highest BCUT2D eigenvalue weighted by molar-refractivity contribution is 5.35. The number of benzene rings is 1. The topological polar surface area (TPSA) is 31.4 Å². The third kappa shape index (κ3) is 1.96. The van der Waals surface area contributed by atoms with Crippen molar-refractivity contribution in [3.63, 3.8) is 0 Å². The lowest BCUT2D eigenvalue weighted by atomic mass is 10.1. The molecule has 0 unspecified atom stereocenters. The van der Waals surface area contributed by atoms with E-state index in [1.165, 1.54) is 5.56 Å². The van der Waals surface area contributed by atoms with Crippen molar-refractivity contribution in [2.45, 2.75) is 13.0 Å². The average Bonchev–Trinajstić information content (AvgIpc) is 2.39. The molecule has 0 saturated carbocycles. The predicted octanol–water partition coefficient (Wildman–Crippen LogP) is 2.90. The second-order valence-electron chi connectivity index (χ2n) is 4.13. The summed E-state index contributed by atoms with van der Waals surface area (Å²) in [7, 11) is 0. The van der Waals surface area contributed by atoms with Crippen LogP contribution in [-0.2, 0) is 0 Å². The summed E-state index contributed by atoms with van der Waals surface area (Å²) in [6.45, 7) is 2.60. The summed E-state index contributed by atoms with van der Waals surface area (Å²) in [5.74, 6) is 1.29. The third-order valence-electron chi connectivity index (χ3n) is 2.83.